The summed E-state index contributed by atoms with van der Waals surface area (Å²) in [6.07, 6.45) is 0. The number of benzene rings is 1. The van der Waals surface area contributed by atoms with E-state index in [1.54, 1.807) is 0 Å². The predicted molar refractivity (Wildman–Crippen MR) is 53.1 cm³/mol. The van der Waals surface area contributed by atoms with Crippen LogP contribution in [-0.4, -0.2) is 20.2 Å². The summed E-state index contributed by atoms with van der Waals surface area (Å²) < 4.78 is 5.54. The molecule has 0 bridgehead atoms. The number of likely N-dealkylation sites (N-methyl/N-ethyl adjacent to an activating group) is 1. The third kappa shape index (κ3) is 1.47. The molecule has 0 radical (unpaired) electrons. The Morgan fingerprint density at radius 2 is 2.38 bits per heavy atom. The zero-order valence-corrected chi connectivity index (χ0v) is 7.79. The van der Waals surface area contributed by atoms with Crippen LogP contribution >= 0.6 is 0 Å². The first-order chi connectivity index (χ1) is 6.31. The molecule has 1 aliphatic heterocycles. The van der Waals surface area contributed by atoms with Gasteiger partial charge < -0.3 is 15.4 Å². The van der Waals surface area contributed by atoms with Gasteiger partial charge in [0.25, 0.3) is 0 Å². The molecule has 0 fully saturated rings. The molecule has 0 amide bonds. The number of ether oxygens (including phenoxy) is 1. The third-order valence-electron chi connectivity index (χ3n) is 2.36. The molecule has 1 heterocycles. The molecule has 70 valence electrons. The van der Waals surface area contributed by atoms with Crippen molar-refractivity contribution in [1.29, 1.82) is 0 Å². The molecule has 1 aliphatic rings. The lowest BCUT2D eigenvalue weighted by Gasteiger charge is -2.27. The van der Waals surface area contributed by atoms with Crippen LogP contribution in [-0.2, 0) is 6.54 Å². The van der Waals surface area contributed by atoms with Crippen molar-refractivity contribution >= 4 is 5.69 Å². The lowest BCUT2D eigenvalue weighted by molar-refractivity contribution is 0.311. The topological polar surface area (TPSA) is 38.5 Å². The van der Waals surface area contributed by atoms with Gasteiger partial charge in [0.05, 0.1) is 12.2 Å². The minimum Gasteiger partial charge on any atom is -0.490 e. The second kappa shape index (κ2) is 3.26. The minimum atomic E-state index is 0.570. The average Bonchev–Trinajstić information content (AvgIpc) is 2.18. The zero-order valence-electron chi connectivity index (χ0n) is 7.79. The third-order valence-corrected chi connectivity index (χ3v) is 2.36. The maximum Gasteiger partial charge on any atom is 0.142 e. The Hall–Kier alpha value is -1.22. The molecule has 0 atom stereocenters. The number of nitrogens with two attached hydrogens (primary N) is 1. The number of anilines is 1. The van der Waals surface area contributed by atoms with Gasteiger partial charge in [-0.3, -0.25) is 0 Å². The van der Waals surface area contributed by atoms with Crippen LogP contribution in [0.3, 0.4) is 0 Å². The molecule has 2 N–H and O–H groups in total. The lowest BCUT2D eigenvalue weighted by Crippen LogP contribution is -2.28. The van der Waals surface area contributed by atoms with Crippen molar-refractivity contribution in [2.45, 2.75) is 6.54 Å². The van der Waals surface area contributed by atoms with Crippen LogP contribution < -0.4 is 15.4 Å². The van der Waals surface area contributed by atoms with Gasteiger partial charge >= 0.3 is 0 Å². The first-order valence-electron chi connectivity index (χ1n) is 4.48. The molecule has 0 unspecified atom stereocenters. The molecule has 0 saturated carbocycles. The number of rotatable bonds is 1. The Morgan fingerprint density at radius 3 is 3.15 bits per heavy atom. The van der Waals surface area contributed by atoms with Crippen molar-refractivity contribution in [2.75, 3.05) is 25.1 Å². The van der Waals surface area contributed by atoms with E-state index >= 15 is 0 Å². The van der Waals surface area contributed by atoms with Crippen LogP contribution in [0.4, 0.5) is 5.69 Å². The van der Waals surface area contributed by atoms with Gasteiger partial charge in [-0.1, -0.05) is 6.07 Å². The van der Waals surface area contributed by atoms with E-state index in [0.717, 1.165) is 30.2 Å². The highest BCUT2D eigenvalue weighted by Gasteiger charge is 2.14. The monoisotopic (exact) mass is 178 g/mol. The van der Waals surface area contributed by atoms with E-state index in [2.05, 4.69) is 18.0 Å². The SMILES string of the molecule is CN1CCOc2cc(CN)ccc21. The normalized spacial score (nSPS) is 15.1. The van der Waals surface area contributed by atoms with E-state index in [4.69, 9.17) is 10.5 Å². The summed E-state index contributed by atoms with van der Waals surface area (Å²) in [7, 11) is 2.07. The summed E-state index contributed by atoms with van der Waals surface area (Å²) in [4.78, 5) is 2.19. The van der Waals surface area contributed by atoms with Gasteiger partial charge in [0.15, 0.2) is 0 Å². The molecular weight excluding hydrogens is 164 g/mol. The zero-order chi connectivity index (χ0) is 9.26. The average molecular weight is 178 g/mol. The van der Waals surface area contributed by atoms with E-state index < -0.39 is 0 Å². The molecule has 1 aromatic rings. The highest BCUT2D eigenvalue weighted by Crippen LogP contribution is 2.31. The van der Waals surface area contributed by atoms with Crippen LogP contribution in [0.25, 0.3) is 0 Å². The van der Waals surface area contributed by atoms with E-state index in [-0.39, 0.29) is 0 Å². The van der Waals surface area contributed by atoms with Crippen molar-refractivity contribution in [1.82, 2.24) is 0 Å². The van der Waals surface area contributed by atoms with Gasteiger partial charge in [0, 0.05) is 13.6 Å². The van der Waals surface area contributed by atoms with Gasteiger partial charge in [-0.25, -0.2) is 0 Å². The molecule has 3 heteroatoms. The van der Waals surface area contributed by atoms with E-state index in [1.807, 2.05) is 12.1 Å². The Bertz CT molecular complexity index is 312. The van der Waals surface area contributed by atoms with Crippen molar-refractivity contribution in [3.05, 3.63) is 23.8 Å². The maximum absolute atomic E-state index is 5.55. The number of hydrogen-bond donors (Lipinski definition) is 1. The van der Waals surface area contributed by atoms with Crippen molar-refractivity contribution in [2.24, 2.45) is 5.73 Å². The number of nitrogens with zero attached hydrogens (tertiary/aromatic N) is 1. The van der Waals surface area contributed by atoms with Crippen LogP contribution in [0, 0.1) is 0 Å². The van der Waals surface area contributed by atoms with Crippen LogP contribution in [0.15, 0.2) is 18.2 Å². The van der Waals surface area contributed by atoms with Crippen LogP contribution in [0.5, 0.6) is 5.75 Å². The smallest absolute Gasteiger partial charge is 0.142 e. The standard InChI is InChI=1S/C10H14N2O/c1-12-4-5-13-10-6-8(7-11)2-3-9(10)12/h2-3,6H,4-5,7,11H2,1H3. The lowest BCUT2D eigenvalue weighted by atomic mass is 10.1. The Kier molecular flexibility index (Phi) is 2.10. The molecular formula is C10H14N2O. The summed E-state index contributed by atoms with van der Waals surface area (Å²) in [5, 5.41) is 0. The number of fused-ring (bicyclic) bond motifs is 1. The summed E-state index contributed by atoms with van der Waals surface area (Å²) in [5.74, 6) is 0.955. The minimum absolute atomic E-state index is 0.570. The summed E-state index contributed by atoms with van der Waals surface area (Å²) in [5.41, 5.74) is 7.82. The highest BCUT2D eigenvalue weighted by molar-refractivity contribution is 5.60. The summed E-state index contributed by atoms with van der Waals surface area (Å²) >= 11 is 0. The molecule has 13 heavy (non-hydrogen) atoms. The maximum atomic E-state index is 5.55. The second-order valence-electron chi connectivity index (χ2n) is 3.28. The fourth-order valence-corrected chi connectivity index (χ4v) is 1.53. The molecule has 0 spiro atoms. The Labute approximate surface area is 78.1 Å². The van der Waals surface area contributed by atoms with E-state index in [1.165, 1.54) is 0 Å². The van der Waals surface area contributed by atoms with E-state index in [0.29, 0.717) is 6.54 Å². The Balaban J connectivity index is 2.39. The molecule has 0 aromatic heterocycles. The van der Waals surface area contributed by atoms with E-state index in [9.17, 15) is 0 Å². The van der Waals surface area contributed by atoms with Gasteiger partial charge in [0.1, 0.15) is 12.4 Å². The first-order valence-corrected chi connectivity index (χ1v) is 4.48. The van der Waals surface area contributed by atoms with Crippen molar-refractivity contribution in [3.63, 3.8) is 0 Å². The molecule has 3 nitrogen and oxygen atoms in total. The molecule has 0 aliphatic carbocycles. The molecule has 1 aromatic carbocycles. The first kappa shape index (κ1) is 8.38. The van der Waals surface area contributed by atoms with Crippen molar-refractivity contribution in [3.8, 4) is 5.75 Å². The van der Waals surface area contributed by atoms with Gasteiger partial charge in [0.2, 0.25) is 0 Å². The second-order valence-corrected chi connectivity index (χ2v) is 3.28. The molecule has 2 rings (SSSR count). The summed E-state index contributed by atoms with van der Waals surface area (Å²) in [6, 6.07) is 6.13. The van der Waals surface area contributed by atoms with Gasteiger partial charge in [-0.05, 0) is 17.7 Å². The fourth-order valence-electron chi connectivity index (χ4n) is 1.53. The highest BCUT2D eigenvalue weighted by atomic mass is 16.5. The van der Waals surface area contributed by atoms with Crippen LogP contribution in [0.2, 0.25) is 0 Å². The fraction of sp³-hybridized carbons (Fsp3) is 0.400. The van der Waals surface area contributed by atoms with Gasteiger partial charge in [-0.15, -0.1) is 0 Å². The quantitative estimate of drug-likeness (QED) is 0.696. The molecule has 0 saturated heterocycles. The van der Waals surface area contributed by atoms with Crippen molar-refractivity contribution < 1.29 is 4.74 Å². The number of hydrogen-bond acceptors (Lipinski definition) is 3. The largest absolute Gasteiger partial charge is 0.490 e. The van der Waals surface area contributed by atoms with Gasteiger partial charge in [-0.2, -0.15) is 0 Å². The predicted octanol–water partition coefficient (Wildman–Crippen LogP) is 0.974. The van der Waals surface area contributed by atoms with Crippen LogP contribution in [0.1, 0.15) is 5.56 Å². The Morgan fingerprint density at radius 1 is 1.54 bits per heavy atom. The summed E-state index contributed by atoms with van der Waals surface area (Å²) in [6.45, 7) is 2.28.